The van der Waals surface area contributed by atoms with E-state index in [9.17, 15) is 19.7 Å². The summed E-state index contributed by atoms with van der Waals surface area (Å²) in [6.07, 6.45) is 1.18. The van der Waals surface area contributed by atoms with Gasteiger partial charge in [0.1, 0.15) is 0 Å². The summed E-state index contributed by atoms with van der Waals surface area (Å²) in [6.45, 7) is 1.54. The number of hydrogen-bond acceptors (Lipinski definition) is 5. The summed E-state index contributed by atoms with van der Waals surface area (Å²) in [5.74, 6) is -0.910. The number of benzene rings is 2. The highest BCUT2D eigenvalue weighted by molar-refractivity contribution is 5.97. The summed E-state index contributed by atoms with van der Waals surface area (Å²) >= 11 is 0. The molecule has 0 aliphatic carbocycles. The van der Waals surface area contributed by atoms with E-state index in [1.165, 1.54) is 24.4 Å². The molecule has 0 spiro atoms. The molecule has 0 saturated carbocycles. The first-order chi connectivity index (χ1) is 12.0. The van der Waals surface area contributed by atoms with Gasteiger partial charge >= 0.3 is 0 Å². The Morgan fingerprint density at radius 2 is 1.84 bits per heavy atom. The molecule has 0 aliphatic heterocycles. The number of nitrogens with one attached hydrogen (secondary N) is 2. The molecule has 2 N–H and O–H groups in total. The molecule has 0 radical (unpaired) electrons. The molecule has 8 nitrogen and oxygen atoms in total. The van der Waals surface area contributed by atoms with Gasteiger partial charge in [-0.2, -0.15) is 5.10 Å². The van der Waals surface area contributed by atoms with Crippen LogP contribution < -0.4 is 10.7 Å². The van der Waals surface area contributed by atoms with Crippen LogP contribution in [-0.4, -0.2) is 29.5 Å². The van der Waals surface area contributed by atoms with Crippen LogP contribution >= 0.6 is 0 Å². The van der Waals surface area contributed by atoms with Gasteiger partial charge in [-0.3, -0.25) is 19.7 Å². The number of carbonyl (C=O) groups is 2. The number of hydrazone groups is 1. The number of aryl methyl sites for hydroxylation is 1. The molecule has 2 aromatic rings. The van der Waals surface area contributed by atoms with E-state index in [-0.39, 0.29) is 23.7 Å². The highest BCUT2D eigenvalue weighted by Crippen LogP contribution is 2.14. The van der Waals surface area contributed by atoms with Crippen molar-refractivity contribution in [1.82, 2.24) is 10.7 Å². The molecule has 0 aliphatic rings. The largest absolute Gasteiger partial charge is 0.343 e. The van der Waals surface area contributed by atoms with Crippen LogP contribution in [0.3, 0.4) is 0 Å². The molecule has 2 rings (SSSR count). The minimum absolute atomic E-state index is 0.117. The van der Waals surface area contributed by atoms with Crippen LogP contribution in [-0.2, 0) is 4.79 Å². The number of rotatable bonds is 6. The van der Waals surface area contributed by atoms with Gasteiger partial charge in [-0.1, -0.05) is 30.3 Å². The van der Waals surface area contributed by atoms with Crippen molar-refractivity contribution < 1.29 is 14.5 Å². The molecule has 0 heterocycles. The fourth-order valence-corrected chi connectivity index (χ4v) is 2.06. The van der Waals surface area contributed by atoms with Gasteiger partial charge in [0.25, 0.3) is 17.5 Å². The number of carbonyl (C=O) groups excluding carboxylic acids is 2. The van der Waals surface area contributed by atoms with E-state index in [0.717, 1.165) is 5.56 Å². The first-order valence-corrected chi connectivity index (χ1v) is 7.38. The summed E-state index contributed by atoms with van der Waals surface area (Å²) in [5.41, 5.74) is 3.64. The Hall–Kier alpha value is -3.55. The monoisotopic (exact) mass is 340 g/mol. The average Bonchev–Trinajstić information content (AvgIpc) is 2.60. The summed E-state index contributed by atoms with van der Waals surface area (Å²) in [4.78, 5) is 34.0. The van der Waals surface area contributed by atoms with Crippen molar-refractivity contribution in [2.75, 3.05) is 6.54 Å². The lowest BCUT2D eigenvalue weighted by molar-refractivity contribution is -0.385. The number of para-hydroxylation sites is 1. The predicted octanol–water partition coefficient (Wildman–Crippen LogP) is 1.78. The molecule has 8 heteroatoms. The van der Waals surface area contributed by atoms with Gasteiger partial charge in [-0.05, 0) is 24.6 Å². The molecule has 0 saturated heterocycles. The molecule has 25 heavy (non-hydrogen) atoms. The Kier molecular flexibility index (Phi) is 5.94. The van der Waals surface area contributed by atoms with Crippen LogP contribution in [0.15, 0.2) is 53.6 Å². The number of nitrogens with zero attached hydrogens (tertiary/aromatic N) is 2. The maximum atomic E-state index is 12.0. The molecule has 0 aromatic heterocycles. The third-order valence-electron chi connectivity index (χ3n) is 3.33. The Balaban J connectivity index is 1.88. The van der Waals surface area contributed by atoms with Crippen LogP contribution in [0.4, 0.5) is 5.69 Å². The topological polar surface area (TPSA) is 114 Å². The maximum absolute atomic E-state index is 12.0. The van der Waals surface area contributed by atoms with E-state index < -0.39 is 10.8 Å². The smallest absolute Gasteiger partial charge is 0.278 e. The summed E-state index contributed by atoms with van der Waals surface area (Å²) < 4.78 is 0. The van der Waals surface area contributed by atoms with E-state index in [1.807, 2.05) is 6.07 Å². The van der Waals surface area contributed by atoms with E-state index in [4.69, 9.17) is 0 Å². The van der Waals surface area contributed by atoms with Crippen LogP contribution in [0.5, 0.6) is 0 Å². The van der Waals surface area contributed by atoms with Crippen LogP contribution in [0, 0.1) is 17.0 Å². The van der Waals surface area contributed by atoms with E-state index in [2.05, 4.69) is 15.8 Å². The minimum atomic E-state index is -0.545. The SMILES string of the molecule is Cc1ccccc1C(=O)NCC(=O)N/N=C\c1ccccc1[N+](=O)[O-]. The number of hydrogen-bond donors (Lipinski definition) is 2. The fraction of sp³-hybridized carbons (Fsp3) is 0.118. The second-order valence-electron chi connectivity index (χ2n) is 5.11. The maximum Gasteiger partial charge on any atom is 0.278 e. The van der Waals surface area contributed by atoms with Crippen molar-refractivity contribution in [1.29, 1.82) is 0 Å². The van der Waals surface area contributed by atoms with Crippen molar-refractivity contribution in [3.63, 3.8) is 0 Å². The highest BCUT2D eigenvalue weighted by atomic mass is 16.6. The van der Waals surface area contributed by atoms with Crippen molar-refractivity contribution in [2.45, 2.75) is 6.92 Å². The number of nitro groups is 1. The van der Waals surface area contributed by atoms with Gasteiger partial charge in [0, 0.05) is 11.6 Å². The molecule has 0 fully saturated rings. The molecule has 2 amide bonds. The first-order valence-electron chi connectivity index (χ1n) is 7.38. The van der Waals surface area contributed by atoms with E-state index in [0.29, 0.717) is 5.56 Å². The first kappa shape index (κ1) is 17.8. The second-order valence-corrected chi connectivity index (χ2v) is 5.11. The zero-order valence-electron chi connectivity index (χ0n) is 13.4. The van der Waals surface area contributed by atoms with Crippen molar-refractivity contribution in [3.05, 3.63) is 75.3 Å². The average molecular weight is 340 g/mol. The molecule has 128 valence electrons. The van der Waals surface area contributed by atoms with Gasteiger partial charge in [0.05, 0.1) is 23.2 Å². The lowest BCUT2D eigenvalue weighted by Gasteiger charge is -2.06. The lowest BCUT2D eigenvalue weighted by Crippen LogP contribution is -2.35. The quantitative estimate of drug-likeness (QED) is 0.474. The fourth-order valence-electron chi connectivity index (χ4n) is 2.06. The molecular formula is C17H16N4O4. The van der Waals surface area contributed by atoms with E-state index >= 15 is 0 Å². The standard InChI is InChI=1S/C17H16N4O4/c1-12-6-2-4-8-14(12)17(23)18-11-16(22)20-19-10-13-7-3-5-9-15(13)21(24)25/h2-10H,11H2,1H3,(H,18,23)(H,20,22)/b19-10-. The molecule has 0 atom stereocenters. The van der Waals surface area contributed by atoms with Gasteiger partial charge in [-0.25, -0.2) is 5.43 Å². The molecular weight excluding hydrogens is 324 g/mol. The van der Waals surface area contributed by atoms with Crippen LogP contribution in [0.1, 0.15) is 21.5 Å². The molecule has 0 bridgehead atoms. The Morgan fingerprint density at radius 1 is 1.16 bits per heavy atom. The summed E-state index contributed by atoms with van der Waals surface area (Å²) in [5, 5.41) is 17.0. The minimum Gasteiger partial charge on any atom is -0.343 e. The van der Waals surface area contributed by atoms with Crippen LogP contribution in [0.2, 0.25) is 0 Å². The molecule has 0 unspecified atom stereocenters. The van der Waals surface area contributed by atoms with Crippen molar-refractivity contribution in [2.24, 2.45) is 5.10 Å². The zero-order valence-corrected chi connectivity index (χ0v) is 13.4. The number of nitro benzene ring substituents is 1. The van der Waals surface area contributed by atoms with Crippen molar-refractivity contribution >= 4 is 23.7 Å². The normalized spacial score (nSPS) is 10.4. The lowest BCUT2D eigenvalue weighted by atomic mass is 10.1. The zero-order chi connectivity index (χ0) is 18.2. The summed E-state index contributed by atoms with van der Waals surface area (Å²) in [6, 6.07) is 13.0. The second kappa shape index (κ2) is 8.34. The summed E-state index contributed by atoms with van der Waals surface area (Å²) in [7, 11) is 0. The van der Waals surface area contributed by atoms with Gasteiger partial charge in [-0.15, -0.1) is 0 Å². The number of amides is 2. The third kappa shape index (κ3) is 4.96. The Labute approximate surface area is 143 Å². The Morgan fingerprint density at radius 3 is 2.56 bits per heavy atom. The van der Waals surface area contributed by atoms with Gasteiger partial charge in [0.15, 0.2) is 0 Å². The Bertz CT molecular complexity index is 833. The molecule has 2 aromatic carbocycles. The van der Waals surface area contributed by atoms with E-state index in [1.54, 1.807) is 31.2 Å². The highest BCUT2D eigenvalue weighted by Gasteiger charge is 2.11. The van der Waals surface area contributed by atoms with Crippen LogP contribution in [0.25, 0.3) is 0 Å². The van der Waals surface area contributed by atoms with Gasteiger partial charge < -0.3 is 5.32 Å². The predicted molar refractivity (Wildman–Crippen MR) is 92.3 cm³/mol. The third-order valence-corrected chi connectivity index (χ3v) is 3.33. The van der Waals surface area contributed by atoms with Crippen molar-refractivity contribution in [3.8, 4) is 0 Å². The van der Waals surface area contributed by atoms with Gasteiger partial charge in [0.2, 0.25) is 0 Å².